The third kappa shape index (κ3) is 2.11. The summed E-state index contributed by atoms with van der Waals surface area (Å²) in [6.07, 6.45) is 1.61. The number of hydrogen-bond acceptors (Lipinski definition) is 6. The van der Waals surface area contributed by atoms with Gasteiger partial charge in [0.15, 0.2) is 0 Å². The number of oxazole rings is 1. The van der Waals surface area contributed by atoms with E-state index in [-0.39, 0.29) is 19.1 Å². The molecule has 0 aromatic carbocycles. The maximum absolute atomic E-state index is 11.1. The number of ether oxygens (including phenoxy) is 1. The van der Waals surface area contributed by atoms with Crippen LogP contribution in [0.2, 0.25) is 0 Å². The molecule has 1 aliphatic rings. The number of aromatic nitrogens is 1. The van der Waals surface area contributed by atoms with E-state index in [9.17, 15) is 9.59 Å². The zero-order valence-electron chi connectivity index (χ0n) is 9.10. The smallest absolute Gasteiger partial charge is 0.327 e. The minimum Gasteiger partial charge on any atom is -0.444 e. The number of morpholine rings is 1. The molecule has 2 rings (SSSR count). The van der Waals surface area contributed by atoms with Crippen LogP contribution in [0.25, 0.3) is 0 Å². The van der Waals surface area contributed by atoms with Gasteiger partial charge in [0.1, 0.15) is 5.76 Å². The van der Waals surface area contributed by atoms with Crippen LogP contribution in [0.4, 0.5) is 0 Å². The summed E-state index contributed by atoms with van der Waals surface area (Å²) in [6.45, 7) is 3.78. The second kappa shape index (κ2) is 4.05. The Hall–Kier alpha value is -1.69. The van der Waals surface area contributed by atoms with E-state index >= 15 is 0 Å². The predicted octanol–water partition coefficient (Wildman–Crippen LogP) is 0.429. The first kappa shape index (κ1) is 10.8. The van der Waals surface area contributed by atoms with Crippen LogP contribution < -0.4 is 0 Å². The Morgan fingerprint density at radius 1 is 1.38 bits per heavy atom. The topological polar surface area (TPSA) is 72.6 Å². The third-order valence-corrected chi connectivity index (χ3v) is 2.44. The van der Waals surface area contributed by atoms with Crippen LogP contribution in [-0.2, 0) is 14.3 Å². The quantitative estimate of drug-likeness (QED) is 0.535. The third-order valence-electron chi connectivity index (χ3n) is 2.44. The summed E-state index contributed by atoms with van der Waals surface area (Å²) >= 11 is 0. The highest BCUT2D eigenvalue weighted by Gasteiger charge is 2.30. The standard InChI is InChI=1S/C10H12N2O4/c1-6-3-11-10(15-6)7(2)12-4-8(13)16-9(14)5-12/h3,7H,4-5H2,1-2H3. The van der Waals surface area contributed by atoms with Gasteiger partial charge in [-0.3, -0.25) is 14.5 Å². The lowest BCUT2D eigenvalue weighted by Gasteiger charge is -2.27. The summed E-state index contributed by atoms with van der Waals surface area (Å²) in [7, 11) is 0. The average Bonchev–Trinajstić information content (AvgIpc) is 2.62. The second-order valence-electron chi connectivity index (χ2n) is 3.74. The Balaban J connectivity index is 2.12. The fourth-order valence-electron chi connectivity index (χ4n) is 1.57. The van der Waals surface area contributed by atoms with Gasteiger partial charge in [-0.05, 0) is 13.8 Å². The van der Waals surface area contributed by atoms with Gasteiger partial charge in [0.2, 0.25) is 5.89 Å². The molecular formula is C10H12N2O4. The molecule has 0 amide bonds. The minimum absolute atomic E-state index is 0.0777. The molecule has 6 heteroatoms. The summed E-state index contributed by atoms with van der Waals surface area (Å²) in [5.74, 6) is 0.130. The predicted molar refractivity (Wildman–Crippen MR) is 52.3 cm³/mol. The molecule has 2 heterocycles. The van der Waals surface area contributed by atoms with Crippen molar-refractivity contribution in [2.24, 2.45) is 0 Å². The van der Waals surface area contributed by atoms with Crippen molar-refractivity contribution in [1.82, 2.24) is 9.88 Å². The minimum atomic E-state index is -0.536. The van der Waals surface area contributed by atoms with Gasteiger partial charge in [0.05, 0.1) is 25.3 Å². The van der Waals surface area contributed by atoms with E-state index in [2.05, 4.69) is 9.72 Å². The van der Waals surface area contributed by atoms with E-state index < -0.39 is 11.9 Å². The summed E-state index contributed by atoms with van der Waals surface area (Å²) in [5, 5.41) is 0. The molecule has 16 heavy (non-hydrogen) atoms. The van der Waals surface area contributed by atoms with Crippen LogP contribution in [0.15, 0.2) is 10.6 Å². The summed E-state index contributed by atoms with van der Waals surface area (Å²) in [4.78, 5) is 27.9. The average molecular weight is 224 g/mol. The number of esters is 2. The van der Waals surface area contributed by atoms with Gasteiger partial charge in [-0.2, -0.15) is 0 Å². The molecule has 1 aromatic heterocycles. The molecule has 1 fully saturated rings. The van der Waals surface area contributed by atoms with Crippen LogP contribution in [0.1, 0.15) is 24.6 Å². The summed E-state index contributed by atoms with van der Waals surface area (Å²) < 4.78 is 9.79. The number of carbonyl (C=O) groups is 2. The molecule has 1 aliphatic heterocycles. The van der Waals surface area contributed by atoms with Crippen LogP contribution in [0.3, 0.4) is 0 Å². The molecule has 0 bridgehead atoms. The van der Waals surface area contributed by atoms with Crippen molar-refractivity contribution in [2.75, 3.05) is 13.1 Å². The van der Waals surface area contributed by atoms with Crippen molar-refractivity contribution in [3.8, 4) is 0 Å². The van der Waals surface area contributed by atoms with Gasteiger partial charge in [0.25, 0.3) is 0 Å². The van der Waals surface area contributed by atoms with Crippen molar-refractivity contribution in [1.29, 1.82) is 0 Å². The Morgan fingerprint density at radius 2 is 2.00 bits per heavy atom. The molecular weight excluding hydrogens is 212 g/mol. The summed E-state index contributed by atoms with van der Waals surface area (Å²) in [6, 6.07) is -0.217. The van der Waals surface area contributed by atoms with Crippen molar-refractivity contribution in [3.05, 3.63) is 17.8 Å². The SMILES string of the molecule is Cc1cnc(C(C)N2CC(=O)OC(=O)C2)o1. The lowest BCUT2D eigenvalue weighted by molar-refractivity contribution is -0.168. The Bertz CT molecular complexity index is 410. The van der Waals surface area contributed by atoms with Gasteiger partial charge >= 0.3 is 11.9 Å². The van der Waals surface area contributed by atoms with Crippen molar-refractivity contribution >= 4 is 11.9 Å². The van der Waals surface area contributed by atoms with Crippen LogP contribution in [0.5, 0.6) is 0 Å². The second-order valence-corrected chi connectivity index (χ2v) is 3.74. The van der Waals surface area contributed by atoms with E-state index in [1.807, 2.05) is 6.92 Å². The fourth-order valence-corrected chi connectivity index (χ4v) is 1.57. The van der Waals surface area contributed by atoms with E-state index in [0.29, 0.717) is 11.7 Å². The molecule has 0 saturated carbocycles. The Kier molecular flexibility index (Phi) is 2.74. The van der Waals surface area contributed by atoms with Gasteiger partial charge < -0.3 is 9.15 Å². The van der Waals surface area contributed by atoms with Gasteiger partial charge in [-0.15, -0.1) is 0 Å². The maximum Gasteiger partial charge on any atom is 0.327 e. The number of rotatable bonds is 2. The highest BCUT2D eigenvalue weighted by molar-refractivity contribution is 5.90. The molecule has 1 unspecified atom stereocenters. The van der Waals surface area contributed by atoms with Crippen molar-refractivity contribution < 1.29 is 18.7 Å². The summed E-state index contributed by atoms with van der Waals surface area (Å²) in [5.41, 5.74) is 0. The van der Waals surface area contributed by atoms with E-state index in [4.69, 9.17) is 4.42 Å². The molecule has 0 radical (unpaired) electrons. The molecule has 1 atom stereocenters. The maximum atomic E-state index is 11.1. The highest BCUT2D eigenvalue weighted by Crippen LogP contribution is 2.21. The number of cyclic esters (lactones) is 2. The van der Waals surface area contributed by atoms with Crippen LogP contribution >= 0.6 is 0 Å². The van der Waals surface area contributed by atoms with Crippen LogP contribution in [-0.4, -0.2) is 34.9 Å². The van der Waals surface area contributed by atoms with Crippen molar-refractivity contribution in [2.45, 2.75) is 19.9 Å². The molecule has 1 aromatic rings. The Labute approximate surface area is 92.2 Å². The van der Waals surface area contributed by atoms with E-state index in [1.54, 1.807) is 18.0 Å². The van der Waals surface area contributed by atoms with E-state index in [0.717, 1.165) is 0 Å². The fraction of sp³-hybridized carbons (Fsp3) is 0.500. The molecule has 0 spiro atoms. The Morgan fingerprint density at radius 3 is 2.50 bits per heavy atom. The number of aryl methyl sites for hydroxylation is 1. The first-order valence-electron chi connectivity index (χ1n) is 4.96. The molecule has 0 N–H and O–H groups in total. The van der Waals surface area contributed by atoms with Gasteiger partial charge in [-0.25, -0.2) is 4.98 Å². The zero-order chi connectivity index (χ0) is 11.7. The monoisotopic (exact) mass is 224 g/mol. The molecule has 86 valence electrons. The molecule has 0 aliphatic carbocycles. The number of carbonyl (C=O) groups excluding carboxylic acids is 2. The van der Waals surface area contributed by atoms with Gasteiger partial charge in [-0.1, -0.05) is 0 Å². The first-order chi connectivity index (χ1) is 7.56. The number of hydrogen-bond donors (Lipinski definition) is 0. The highest BCUT2D eigenvalue weighted by atomic mass is 16.6. The van der Waals surface area contributed by atoms with Crippen LogP contribution in [0, 0.1) is 6.92 Å². The number of nitrogens with zero attached hydrogens (tertiary/aromatic N) is 2. The van der Waals surface area contributed by atoms with Gasteiger partial charge in [0, 0.05) is 0 Å². The molecule has 6 nitrogen and oxygen atoms in total. The largest absolute Gasteiger partial charge is 0.444 e. The lowest BCUT2D eigenvalue weighted by atomic mass is 10.2. The lowest BCUT2D eigenvalue weighted by Crippen LogP contribution is -2.44. The molecule has 1 saturated heterocycles. The van der Waals surface area contributed by atoms with E-state index in [1.165, 1.54) is 0 Å². The normalized spacial score (nSPS) is 19.6. The first-order valence-corrected chi connectivity index (χ1v) is 4.96. The van der Waals surface area contributed by atoms with Crippen molar-refractivity contribution in [3.63, 3.8) is 0 Å². The zero-order valence-corrected chi connectivity index (χ0v) is 9.10.